The fourth-order valence-corrected chi connectivity index (χ4v) is 17.6. The van der Waals surface area contributed by atoms with Gasteiger partial charge in [-0.25, -0.2) is 39.9 Å². The highest BCUT2D eigenvalue weighted by Gasteiger charge is 2.25. The molecule has 628 valence electrons. The molecule has 6 aromatic heterocycles. The van der Waals surface area contributed by atoms with Crippen molar-refractivity contribution in [1.82, 2.24) is 89.7 Å². The Labute approximate surface area is 756 Å². The van der Waals surface area contributed by atoms with E-state index in [1.165, 1.54) is 22.3 Å². The second kappa shape index (κ2) is 33.4. The molecule has 20 heteroatoms. The first-order valence-electron chi connectivity index (χ1n) is 43.7. The van der Waals surface area contributed by atoms with Crippen LogP contribution in [-0.4, -0.2) is 102 Å². The number of hydrogen-bond acceptors (Lipinski definition) is 12. The van der Waals surface area contributed by atoms with Crippen molar-refractivity contribution in [1.29, 1.82) is 0 Å². The second-order valence-electron chi connectivity index (χ2n) is 33.1. The van der Waals surface area contributed by atoms with Crippen LogP contribution >= 0.6 is 0 Å². The number of fused-ring (bicyclic) bond motifs is 50. The predicted molar refractivity (Wildman–Crippen MR) is 535 cm³/mol. The minimum Gasteiger partial charge on any atom is -0.355 e. The van der Waals surface area contributed by atoms with Crippen LogP contribution in [0, 0.1) is 0 Å². The molecule has 16 aliphatic rings. The molecule has 0 unspecified atom stereocenters. The summed E-state index contributed by atoms with van der Waals surface area (Å²) in [4.78, 5) is 85.7. The van der Waals surface area contributed by atoms with E-state index in [2.05, 4.69) is 306 Å². The number of nitrogens with one attached hydrogen (secondary N) is 8. The molecule has 0 atom stereocenters. The molecule has 10 aromatic rings. The minimum absolute atomic E-state index is 0.827. The number of aromatic amines is 8. The van der Waals surface area contributed by atoms with Gasteiger partial charge >= 0.3 is 0 Å². The Kier molecular flexibility index (Phi) is 19.9. The molecule has 32 bridgehead atoms. The molecule has 0 saturated carbocycles. The first-order chi connectivity index (χ1) is 64.9. The third-order valence-corrected chi connectivity index (χ3v) is 24.3. The summed E-state index contributed by atoms with van der Waals surface area (Å²) in [5.41, 5.74) is 39.8. The first-order valence-corrected chi connectivity index (χ1v) is 43.7. The largest absolute Gasteiger partial charge is 0.355 e. The van der Waals surface area contributed by atoms with Crippen LogP contribution < -0.4 is 42.8 Å². The van der Waals surface area contributed by atoms with E-state index in [9.17, 15) is 0 Å². The number of rotatable bonds is 0. The smallest absolute Gasteiger partial charge is 0.0981 e. The molecule has 16 aliphatic heterocycles. The molecule has 0 radical (unpaired) electrons. The third-order valence-electron chi connectivity index (χ3n) is 24.3. The molecule has 0 amide bonds. The van der Waals surface area contributed by atoms with Gasteiger partial charge in [-0.3, -0.25) is 20.0 Å². The average Bonchev–Trinajstić information content (AvgIpc) is 1.57. The summed E-state index contributed by atoms with van der Waals surface area (Å²) in [5, 5.41) is 7.63. The van der Waals surface area contributed by atoms with Gasteiger partial charge in [-0.05, 0) is 244 Å². The average molecular weight is 1710 g/mol. The molecular weight excluding hydrogens is 1630 g/mol. The Bertz CT molecular complexity index is 7600. The van der Waals surface area contributed by atoms with E-state index in [1.807, 2.05) is 134 Å². The molecule has 0 saturated heterocycles. The van der Waals surface area contributed by atoms with Crippen molar-refractivity contribution in [2.75, 3.05) is 0 Å². The summed E-state index contributed by atoms with van der Waals surface area (Å²) in [6.07, 6.45) is 47.8. The molecule has 8 N–H and O–H groups in total. The van der Waals surface area contributed by atoms with Gasteiger partial charge in [0.2, 0.25) is 0 Å². The summed E-state index contributed by atoms with van der Waals surface area (Å²) >= 11 is 0. The van der Waals surface area contributed by atoms with Crippen molar-refractivity contribution >= 4 is 120 Å². The first kappa shape index (κ1) is 78.7. The zero-order valence-corrected chi connectivity index (χ0v) is 72.0. The standard InChI is InChI=1S/C30H20N4.2C28H18N6.C26H24N4/c1-2-12-24-23(11-1)27-15-19-7-5-9-21(31-19)17-29-25-13-3-4-14-26(25)30(34-29)18-22-10-6-8-20(32-22)16-28(24)33-27;1-5-17-13-23-21-9-3-12-30-28(21)26(33-23)16-20-8-2-6-18(32-20)14-24-22-10-4-11-29-27(22)25(34-24)15-19(7-1)31-17;1-2-6-22-21(5-1)25-9-17-13-29-15-19(31-17)11-27-23-7-3-4-8-24(23)28(34-27)12-20-16-30-14-18(32-20)10-26(22)33-25;1-15-16(2)24-12-20-8-6-10-22(28-20)14-26-18(4)17(3)25(30-26)13-21-9-5-7-19(27-21)11-23(15)29-24/h1-18,31-32H;2*1-16,31-32H;5-14,27-28H,1-4H3. The summed E-state index contributed by atoms with van der Waals surface area (Å²) < 4.78 is 0. The zero-order valence-electron chi connectivity index (χ0n) is 72.0. The molecule has 4 aromatic carbocycles. The summed E-state index contributed by atoms with van der Waals surface area (Å²) in [6, 6.07) is 74.5. The molecule has 0 spiro atoms. The Balaban J connectivity index is 0.0000001000. The van der Waals surface area contributed by atoms with E-state index in [1.54, 1.807) is 12.4 Å². The van der Waals surface area contributed by atoms with Gasteiger partial charge in [-0.2, -0.15) is 0 Å². The van der Waals surface area contributed by atoms with Crippen molar-refractivity contribution in [3.8, 4) is 135 Å². The van der Waals surface area contributed by atoms with Crippen LogP contribution in [0.3, 0.4) is 0 Å². The van der Waals surface area contributed by atoms with Gasteiger partial charge in [-0.15, -0.1) is 0 Å². The number of hydrogen-bond donors (Lipinski definition) is 8. The number of pyridine rings is 2. The van der Waals surface area contributed by atoms with Gasteiger partial charge in [0, 0.05) is 134 Å². The highest BCUT2D eigenvalue weighted by Crippen LogP contribution is 2.41. The lowest BCUT2D eigenvalue weighted by atomic mass is 10.0. The Morgan fingerprint density at radius 1 is 0.189 bits per heavy atom. The molecule has 0 aliphatic carbocycles. The number of H-pyrrole nitrogens is 8. The van der Waals surface area contributed by atoms with E-state index < -0.39 is 0 Å². The normalized spacial score (nSPS) is 13.5. The van der Waals surface area contributed by atoms with E-state index in [4.69, 9.17) is 39.9 Å². The third kappa shape index (κ3) is 15.7. The van der Waals surface area contributed by atoms with Crippen molar-refractivity contribution < 1.29 is 0 Å². The van der Waals surface area contributed by atoms with Crippen molar-refractivity contribution in [3.63, 3.8) is 0 Å². The fraction of sp³-hybridized carbons (Fsp3) is 0.0357. The number of allylic oxidation sites excluding steroid dienone is 10. The highest BCUT2D eigenvalue weighted by atomic mass is 14.9. The van der Waals surface area contributed by atoms with Gasteiger partial charge in [0.1, 0.15) is 0 Å². The van der Waals surface area contributed by atoms with Crippen LogP contribution in [0.5, 0.6) is 0 Å². The van der Waals surface area contributed by atoms with Crippen LogP contribution in [-0.2, 0) is 0 Å². The summed E-state index contributed by atoms with van der Waals surface area (Å²) in [5.74, 6) is 0. The Morgan fingerprint density at radius 2 is 0.386 bits per heavy atom. The SMILES string of the molecule is C1=Cc2cc3nc(cc4[nH]c(cc5nc(cc([nH]2)=C1)-c1ccccc1-5)C=CC=4)-c1ccccc1-3.C1=Cc2cc3nc(cc4[nH]c(cc5nc(cc([nH]2)=C1)-c1ncccc1-5)C=CC=4)-c1ncccc1-3.C1=NC=c2cc3nc(cc4[nH]c(cc5nc(cc1[nH]2)-c1ccccc1-5)=CN=C4)-c1ccccc1-3.CC1=C(C)c2cc3[nH]c(cc4nc(cc5[nH]c(cc1n2)C=CC=5)C(C)=C4C)C=CC=3. The summed E-state index contributed by atoms with van der Waals surface area (Å²) in [6.45, 7) is 8.52. The molecule has 20 nitrogen and oxygen atoms in total. The van der Waals surface area contributed by atoms with Gasteiger partial charge in [0.05, 0.1) is 149 Å². The van der Waals surface area contributed by atoms with Crippen LogP contribution in [0.25, 0.3) is 243 Å². The number of nitrogens with zero attached hydrogens (tertiary/aromatic N) is 12. The maximum atomic E-state index is 5.00. The monoisotopic (exact) mass is 1700 g/mol. The Hall–Kier alpha value is -18.0. The lowest BCUT2D eigenvalue weighted by Crippen LogP contribution is -2.09. The highest BCUT2D eigenvalue weighted by molar-refractivity contribution is 5.95. The van der Waals surface area contributed by atoms with Gasteiger partial charge in [0.15, 0.2) is 0 Å². The fourth-order valence-electron chi connectivity index (χ4n) is 17.6. The molecule has 22 heterocycles. The van der Waals surface area contributed by atoms with E-state index in [-0.39, 0.29) is 0 Å². The van der Waals surface area contributed by atoms with Gasteiger partial charge < -0.3 is 39.9 Å². The number of aliphatic imine (C=N–C) groups is 2. The zero-order chi connectivity index (χ0) is 88.3. The topological polar surface area (TPSA) is 280 Å². The second-order valence-corrected chi connectivity index (χ2v) is 33.1. The lowest BCUT2D eigenvalue weighted by molar-refractivity contribution is 1.18. The number of aromatic nitrogens is 18. The Morgan fingerprint density at radius 3 is 0.674 bits per heavy atom. The quantitative estimate of drug-likeness (QED) is 0.0711. The van der Waals surface area contributed by atoms with Crippen molar-refractivity contribution in [2.45, 2.75) is 27.7 Å². The van der Waals surface area contributed by atoms with Crippen LogP contribution in [0.1, 0.15) is 96.0 Å². The van der Waals surface area contributed by atoms with Crippen molar-refractivity contribution in [3.05, 3.63) is 378 Å². The van der Waals surface area contributed by atoms with Gasteiger partial charge in [-0.1, -0.05) is 134 Å². The number of benzene rings is 4. The van der Waals surface area contributed by atoms with Crippen LogP contribution in [0.15, 0.2) is 277 Å². The van der Waals surface area contributed by atoms with Gasteiger partial charge in [0.25, 0.3) is 0 Å². The molecular formula is C112H80N20. The molecule has 26 rings (SSSR count). The maximum Gasteiger partial charge on any atom is 0.0981 e. The minimum atomic E-state index is 0.827. The molecule has 0 fully saturated rings. The lowest BCUT2D eigenvalue weighted by Gasteiger charge is -2.01. The molecule has 132 heavy (non-hydrogen) atoms. The van der Waals surface area contributed by atoms with E-state index >= 15 is 0 Å². The van der Waals surface area contributed by atoms with Crippen LogP contribution in [0.4, 0.5) is 0 Å². The van der Waals surface area contributed by atoms with E-state index in [0.717, 1.165) is 246 Å². The summed E-state index contributed by atoms with van der Waals surface area (Å²) in [7, 11) is 0. The van der Waals surface area contributed by atoms with E-state index in [0.29, 0.717) is 0 Å². The van der Waals surface area contributed by atoms with Crippen molar-refractivity contribution in [2.24, 2.45) is 9.98 Å². The maximum absolute atomic E-state index is 5.00. The van der Waals surface area contributed by atoms with Crippen LogP contribution in [0.2, 0.25) is 0 Å². The predicted octanol–water partition coefficient (Wildman–Crippen LogP) is 18.4.